The molecule has 5 heteroatoms. The van der Waals surface area contributed by atoms with Crippen LogP contribution in [0.5, 0.6) is 0 Å². The minimum absolute atomic E-state index is 0.0169. The molecule has 0 saturated heterocycles. The maximum absolute atomic E-state index is 6.33. The minimum Gasteiger partial charge on any atom is -0.378 e. The van der Waals surface area contributed by atoms with Gasteiger partial charge in [-0.3, -0.25) is 4.68 Å². The van der Waals surface area contributed by atoms with E-state index in [2.05, 4.69) is 24.3 Å². The summed E-state index contributed by atoms with van der Waals surface area (Å²) >= 11 is 6.33. The van der Waals surface area contributed by atoms with Gasteiger partial charge in [-0.15, -0.1) is 0 Å². The lowest BCUT2D eigenvalue weighted by Gasteiger charge is -2.43. The molecule has 0 amide bonds. The lowest BCUT2D eigenvalue weighted by atomic mass is 9.75. The van der Waals surface area contributed by atoms with Gasteiger partial charge in [0.05, 0.1) is 28.6 Å². The average Bonchev–Trinajstić information content (AvgIpc) is 2.71. The number of rotatable bonds is 6. The van der Waals surface area contributed by atoms with Crippen molar-refractivity contribution in [3.05, 3.63) is 16.9 Å². The summed E-state index contributed by atoms with van der Waals surface area (Å²) in [5.41, 5.74) is 1.09. The number of nitrogens with one attached hydrogen (secondary N) is 1. The molecule has 2 rings (SSSR count). The van der Waals surface area contributed by atoms with Crippen LogP contribution in [0.1, 0.15) is 57.3 Å². The molecule has 4 nitrogen and oxygen atoms in total. The number of nitrogens with zero attached hydrogens (tertiary/aromatic N) is 2. The Morgan fingerprint density at radius 3 is 2.63 bits per heavy atom. The van der Waals surface area contributed by atoms with E-state index in [9.17, 15) is 0 Å². The van der Waals surface area contributed by atoms with Crippen molar-refractivity contribution in [3.8, 4) is 0 Å². The van der Waals surface area contributed by atoms with Gasteiger partial charge in [-0.25, -0.2) is 0 Å². The quantitative estimate of drug-likeness (QED) is 0.871. The first-order chi connectivity index (χ1) is 9.03. The minimum atomic E-state index is 0.0169. The van der Waals surface area contributed by atoms with Crippen LogP contribution in [-0.2, 0) is 4.74 Å². The highest BCUT2D eigenvalue weighted by Crippen LogP contribution is 2.42. The van der Waals surface area contributed by atoms with E-state index in [0.717, 1.165) is 30.0 Å². The first-order valence-electron chi connectivity index (χ1n) is 6.98. The molecule has 19 heavy (non-hydrogen) atoms. The van der Waals surface area contributed by atoms with Crippen LogP contribution in [0.2, 0.25) is 5.02 Å². The van der Waals surface area contributed by atoms with Crippen molar-refractivity contribution < 1.29 is 4.74 Å². The van der Waals surface area contributed by atoms with Crippen LogP contribution in [0.4, 0.5) is 0 Å². The second kappa shape index (κ2) is 5.81. The molecule has 0 aliphatic heterocycles. The monoisotopic (exact) mass is 285 g/mol. The molecule has 1 aromatic heterocycles. The highest BCUT2D eigenvalue weighted by Gasteiger charge is 2.40. The highest BCUT2D eigenvalue weighted by atomic mass is 35.5. The Bertz CT molecular complexity index is 421. The molecular formula is C14H24ClN3O. The SMILES string of the molecule is CNC(CC1(OC)CCC1)c1c(Cl)cnn1C(C)C. The number of aromatic nitrogens is 2. The van der Waals surface area contributed by atoms with Gasteiger partial charge in [0.25, 0.3) is 0 Å². The van der Waals surface area contributed by atoms with Crippen molar-refractivity contribution in [1.82, 2.24) is 15.1 Å². The maximum Gasteiger partial charge on any atom is 0.0834 e. The smallest absolute Gasteiger partial charge is 0.0834 e. The summed E-state index contributed by atoms with van der Waals surface area (Å²) in [7, 11) is 3.79. The third-order valence-electron chi connectivity index (χ3n) is 4.23. The second-order valence-corrected chi connectivity index (χ2v) is 6.11. The van der Waals surface area contributed by atoms with Crippen molar-refractivity contribution in [3.63, 3.8) is 0 Å². The van der Waals surface area contributed by atoms with Gasteiger partial charge in [-0.2, -0.15) is 5.10 Å². The third kappa shape index (κ3) is 2.81. The van der Waals surface area contributed by atoms with E-state index in [1.54, 1.807) is 6.20 Å². The average molecular weight is 286 g/mol. The van der Waals surface area contributed by atoms with Gasteiger partial charge in [0.2, 0.25) is 0 Å². The van der Waals surface area contributed by atoms with Gasteiger partial charge >= 0.3 is 0 Å². The Morgan fingerprint density at radius 2 is 2.21 bits per heavy atom. The summed E-state index contributed by atoms with van der Waals surface area (Å²) in [6.07, 6.45) is 6.20. The number of hydrogen-bond acceptors (Lipinski definition) is 3. The zero-order valence-electron chi connectivity index (χ0n) is 12.2. The summed E-state index contributed by atoms with van der Waals surface area (Å²) in [4.78, 5) is 0. The fourth-order valence-electron chi connectivity index (χ4n) is 2.86. The molecule has 108 valence electrons. The third-order valence-corrected chi connectivity index (χ3v) is 4.52. The fourth-order valence-corrected chi connectivity index (χ4v) is 3.12. The summed E-state index contributed by atoms with van der Waals surface area (Å²) in [5.74, 6) is 0. The molecule has 1 atom stereocenters. The fraction of sp³-hybridized carbons (Fsp3) is 0.786. The molecule has 0 spiro atoms. The van der Waals surface area contributed by atoms with E-state index in [1.165, 1.54) is 6.42 Å². The first-order valence-corrected chi connectivity index (χ1v) is 7.36. The predicted octanol–water partition coefficient (Wildman–Crippen LogP) is 3.34. The Balaban J connectivity index is 2.24. The van der Waals surface area contributed by atoms with Crippen LogP contribution in [0.3, 0.4) is 0 Å². The van der Waals surface area contributed by atoms with E-state index in [-0.39, 0.29) is 11.6 Å². The first kappa shape index (κ1) is 14.8. The van der Waals surface area contributed by atoms with Gasteiger partial charge < -0.3 is 10.1 Å². The molecule has 1 unspecified atom stereocenters. The second-order valence-electron chi connectivity index (χ2n) is 5.70. The molecule has 1 heterocycles. The van der Waals surface area contributed by atoms with E-state index >= 15 is 0 Å². The van der Waals surface area contributed by atoms with Crippen LogP contribution in [0, 0.1) is 0 Å². The Hall–Kier alpha value is -0.580. The molecule has 0 radical (unpaired) electrons. The molecule has 1 aliphatic carbocycles. The molecule has 1 N–H and O–H groups in total. The summed E-state index contributed by atoms with van der Waals surface area (Å²) in [5, 5.41) is 8.50. The number of methoxy groups -OCH3 is 1. The molecule has 0 bridgehead atoms. The lowest BCUT2D eigenvalue weighted by molar-refractivity contribution is -0.0839. The van der Waals surface area contributed by atoms with Gasteiger partial charge in [0.15, 0.2) is 0 Å². The van der Waals surface area contributed by atoms with Gasteiger partial charge in [-0.1, -0.05) is 11.6 Å². The number of ether oxygens (including phenoxy) is 1. The van der Waals surface area contributed by atoms with Crippen molar-refractivity contribution in [2.45, 2.75) is 57.2 Å². The topological polar surface area (TPSA) is 39.1 Å². The Labute approximate surface area is 120 Å². The van der Waals surface area contributed by atoms with E-state index in [0.29, 0.717) is 6.04 Å². The van der Waals surface area contributed by atoms with Crippen LogP contribution in [0.25, 0.3) is 0 Å². The number of hydrogen-bond donors (Lipinski definition) is 1. The molecule has 1 aromatic rings. The van der Waals surface area contributed by atoms with Gasteiger partial charge in [0.1, 0.15) is 0 Å². The normalized spacial score (nSPS) is 19.5. The largest absolute Gasteiger partial charge is 0.378 e. The van der Waals surface area contributed by atoms with Crippen molar-refractivity contribution in [2.75, 3.05) is 14.2 Å². The predicted molar refractivity (Wildman–Crippen MR) is 77.6 cm³/mol. The van der Waals surface area contributed by atoms with E-state index < -0.39 is 0 Å². The standard InChI is InChI=1S/C14H24ClN3O/c1-10(2)18-13(11(15)9-17-18)12(16-3)8-14(19-4)6-5-7-14/h9-10,12,16H,5-8H2,1-4H3. The lowest BCUT2D eigenvalue weighted by Crippen LogP contribution is -2.42. The Morgan fingerprint density at radius 1 is 1.53 bits per heavy atom. The molecule has 0 aromatic carbocycles. The van der Waals surface area contributed by atoms with Crippen molar-refractivity contribution in [1.29, 1.82) is 0 Å². The molecule has 1 fully saturated rings. The van der Waals surface area contributed by atoms with Crippen LogP contribution >= 0.6 is 11.6 Å². The summed E-state index contributed by atoms with van der Waals surface area (Å²) in [6, 6.07) is 0.482. The van der Waals surface area contributed by atoms with Gasteiger partial charge in [0, 0.05) is 13.2 Å². The van der Waals surface area contributed by atoms with Crippen LogP contribution < -0.4 is 5.32 Å². The van der Waals surface area contributed by atoms with E-state index in [1.807, 2.05) is 18.8 Å². The van der Waals surface area contributed by atoms with Crippen molar-refractivity contribution >= 4 is 11.6 Å². The number of halogens is 1. The van der Waals surface area contributed by atoms with E-state index in [4.69, 9.17) is 16.3 Å². The van der Waals surface area contributed by atoms with Crippen LogP contribution in [-0.4, -0.2) is 29.5 Å². The highest BCUT2D eigenvalue weighted by molar-refractivity contribution is 6.31. The zero-order valence-corrected chi connectivity index (χ0v) is 13.0. The molecule has 1 saturated carbocycles. The summed E-state index contributed by atoms with van der Waals surface area (Å²) < 4.78 is 7.74. The van der Waals surface area contributed by atoms with Crippen LogP contribution in [0.15, 0.2) is 6.20 Å². The summed E-state index contributed by atoms with van der Waals surface area (Å²) in [6.45, 7) is 4.24. The Kier molecular flexibility index (Phi) is 4.54. The molecular weight excluding hydrogens is 262 g/mol. The van der Waals surface area contributed by atoms with Gasteiger partial charge in [-0.05, 0) is 46.6 Å². The molecule has 1 aliphatic rings. The maximum atomic E-state index is 6.33. The van der Waals surface area contributed by atoms with Crippen molar-refractivity contribution in [2.24, 2.45) is 0 Å². The zero-order chi connectivity index (χ0) is 14.0.